The quantitative estimate of drug-likeness (QED) is 0.523. The molecule has 0 bridgehead atoms. The zero-order valence-corrected chi connectivity index (χ0v) is 20.2. The molecule has 2 fully saturated rings. The fourth-order valence-corrected chi connectivity index (χ4v) is 5.54. The van der Waals surface area contributed by atoms with Crippen LogP contribution in [0.15, 0.2) is 64.2 Å². The molecule has 0 radical (unpaired) electrons. The number of hydrogen-bond donors (Lipinski definition) is 2. The highest BCUT2D eigenvalue weighted by Gasteiger charge is 2.44. The second-order valence-corrected chi connectivity index (χ2v) is 9.57. The summed E-state index contributed by atoms with van der Waals surface area (Å²) in [6.45, 7) is 0.609. The normalized spacial score (nSPS) is 20.3. The van der Waals surface area contributed by atoms with Gasteiger partial charge in [-0.15, -0.1) is 0 Å². The second-order valence-electron chi connectivity index (χ2n) is 9.57. The van der Waals surface area contributed by atoms with Crippen molar-refractivity contribution in [2.45, 2.75) is 50.2 Å². The van der Waals surface area contributed by atoms with E-state index in [1.54, 1.807) is 24.3 Å². The summed E-state index contributed by atoms with van der Waals surface area (Å²) in [5.74, 6) is -1.96. The molecule has 0 aliphatic carbocycles. The molecule has 3 aromatic rings. The van der Waals surface area contributed by atoms with Crippen molar-refractivity contribution in [1.82, 2.24) is 19.4 Å². The van der Waals surface area contributed by atoms with E-state index in [-0.39, 0.29) is 18.4 Å². The van der Waals surface area contributed by atoms with E-state index in [0.29, 0.717) is 37.7 Å². The number of para-hydroxylation sites is 1. The Kier molecular flexibility index (Phi) is 6.64. The number of H-pyrrole nitrogens is 1. The molecule has 3 heterocycles. The van der Waals surface area contributed by atoms with Gasteiger partial charge in [-0.05, 0) is 43.4 Å². The average molecular weight is 505 g/mol. The molecule has 10 heteroatoms. The summed E-state index contributed by atoms with van der Waals surface area (Å²) < 4.78 is 0.952. The first-order chi connectivity index (χ1) is 17.9. The molecule has 2 aliphatic heterocycles. The van der Waals surface area contributed by atoms with Gasteiger partial charge in [-0.1, -0.05) is 42.5 Å². The van der Waals surface area contributed by atoms with Crippen LogP contribution in [0.5, 0.6) is 0 Å². The third-order valence-electron chi connectivity index (χ3n) is 7.35. The van der Waals surface area contributed by atoms with Crippen LogP contribution in [0.3, 0.4) is 0 Å². The van der Waals surface area contributed by atoms with Gasteiger partial charge in [-0.2, -0.15) is 0 Å². The van der Waals surface area contributed by atoms with Crippen molar-refractivity contribution < 1.29 is 19.5 Å². The third-order valence-corrected chi connectivity index (χ3v) is 7.35. The number of hydrogen-bond acceptors (Lipinski definition) is 5. The Labute approximate surface area is 212 Å². The first-order valence-corrected chi connectivity index (χ1v) is 12.5. The molecule has 3 atom stereocenters. The number of aromatic amines is 1. The summed E-state index contributed by atoms with van der Waals surface area (Å²) in [6, 6.07) is 12.8. The molecule has 2 saturated heterocycles. The van der Waals surface area contributed by atoms with Gasteiger partial charge < -0.3 is 19.9 Å². The lowest BCUT2D eigenvalue weighted by molar-refractivity contribution is -0.152. The molecule has 10 nitrogen and oxygen atoms in total. The molecule has 0 unspecified atom stereocenters. The van der Waals surface area contributed by atoms with Crippen LogP contribution in [0, 0.1) is 0 Å². The minimum Gasteiger partial charge on any atom is -0.480 e. The number of nitrogens with one attached hydrogen (secondary N) is 1. The van der Waals surface area contributed by atoms with Crippen molar-refractivity contribution in [3.05, 3.63) is 81.0 Å². The predicted molar refractivity (Wildman–Crippen MR) is 135 cm³/mol. The van der Waals surface area contributed by atoms with Crippen LogP contribution in [0.1, 0.15) is 37.3 Å². The number of benzene rings is 2. The summed E-state index contributed by atoms with van der Waals surface area (Å²) >= 11 is 0. The van der Waals surface area contributed by atoms with Crippen molar-refractivity contribution in [3.8, 4) is 0 Å². The van der Waals surface area contributed by atoms with E-state index in [9.17, 15) is 29.1 Å². The average Bonchev–Trinajstić information content (AvgIpc) is 3.58. The Morgan fingerprint density at radius 3 is 2.27 bits per heavy atom. The molecule has 2 amide bonds. The molecule has 2 aliphatic rings. The molecule has 2 N–H and O–H groups in total. The zero-order valence-electron chi connectivity index (χ0n) is 20.2. The number of nitrogens with zero attached hydrogens (tertiary/aromatic N) is 3. The van der Waals surface area contributed by atoms with E-state index < -0.39 is 47.2 Å². The number of carbonyl (C=O) groups excluding carboxylic acids is 2. The molecule has 2 aromatic carbocycles. The van der Waals surface area contributed by atoms with Gasteiger partial charge in [0.1, 0.15) is 18.1 Å². The van der Waals surface area contributed by atoms with E-state index in [0.717, 1.165) is 10.1 Å². The van der Waals surface area contributed by atoms with Gasteiger partial charge in [-0.3, -0.25) is 14.4 Å². The highest BCUT2D eigenvalue weighted by molar-refractivity contribution is 5.92. The van der Waals surface area contributed by atoms with E-state index in [1.165, 1.54) is 9.80 Å². The van der Waals surface area contributed by atoms with Crippen molar-refractivity contribution in [3.63, 3.8) is 0 Å². The highest BCUT2D eigenvalue weighted by atomic mass is 16.4. The van der Waals surface area contributed by atoms with Gasteiger partial charge in [0.25, 0.3) is 5.56 Å². The number of carboxylic acid groups (broad SMARTS) is 1. The topological polar surface area (TPSA) is 133 Å². The summed E-state index contributed by atoms with van der Waals surface area (Å²) in [7, 11) is 0. The number of amides is 2. The van der Waals surface area contributed by atoms with Crippen LogP contribution >= 0.6 is 0 Å². The minimum absolute atomic E-state index is 0.0832. The number of likely N-dealkylation sites (tertiary alicyclic amines) is 2. The highest BCUT2D eigenvalue weighted by Crippen LogP contribution is 2.28. The number of carbonyl (C=O) groups is 3. The smallest absolute Gasteiger partial charge is 0.329 e. The van der Waals surface area contributed by atoms with Gasteiger partial charge >= 0.3 is 11.7 Å². The number of rotatable bonds is 6. The van der Waals surface area contributed by atoms with Crippen molar-refractivity contribution in [2.75, 3.05) is 13.1 Å². The van der Waals surface area contributed by atoms with Gasteiger partial charge in [0.15, 0.2) is 0 Å². The van der Waals surface area contributed by atoms with Gasteiger partial charge in [0, 0.05) is 19.5 Å². The third kappa shape index (κ3) is 4.54. The Hall–Kier alpha value is -4.21. The fraction of sp³-hybridized carbons (Fsp3) is 0.370. The van der Waals surface area contributed by atoms with Crippen molar-refractivity contribution in [1.29, 1.82) is 0 Å². The maximum atomic E-state index is 14.1. The van der Waals surface area contributed by atoms with Crippen molar-refractivity contribution in [2.24, 2.45) is 0 Å². The van der Waals surface area contributed by atoms with Crippen molar-refractivity contribution >= 4 is 28.7 Å². The van der Waals surface area contributed by atoms with Gasteiger partial charge in [0.05, 0.1) is 10.9 Å². The Balaban J connectivity index is 1.54. The summed E-state index contributed by atoms with van der Waals surface area (Å²) in [5, 5.41) is 9.83. The molecule has 37 heavy (non-hydrogen) atoms. The Morgan fingerprint density at radius 2 is 1.54 bits per heavy atom. The number of aliphatic carboxylic acids is 1. The zero-order chi connectivity index (χ0) is 26.1. The van der Waals surface area contributed by atoms with Crippen LogP contribution in [0.2, 0.25) is 0 Å². The van der Waals surface area contributed by atoms with E-state index in [2.05, 4.69) is 4.98 Å². The van der Waals surface area contributed by atoms with E-state index in [1.807, 2.05) is 30.3 Å². The first-order valence-electron chi connectivity index (χ1n) is 12.5. The van der Waals surface area contributed by atoms with E-state index in [4.69, 9.17) is 0 Å². The Bertz CT molecular complexity index is 1460. The standard InChI is InChI=1S/C27H28N4O6/c32-23-18-10-4-5-11-19(18)28-27(37)31(23)22(16-17-8-2-1-3-9-17)25(34)29-14-6-12-20(29)24(33)30-15-7-13-21(30)26(35)36/h1-5,8-11,20-22H,6-7,12-16H2,(H,28,37)(H,35,36)/t20-,21+,22-/m0/s1. The molecular weight excluding hydrogens is 476 g/mol. The second kappa shape index (κ2) is 10.0. The van der Waals surface area contributed by atoms with Crippen LogP contribution in [-0.2, 0) is 20.8 Å². The molecule has 192 valence electrons. The van der Waals surface area contributed by atoms with E-state index >= 15 is 0 Å². The number of aromatic nitrogens is 2. The summed E-state index contributed by atoms with van der Waals surface area (Å²) in [5.41, 5.74) is -0.151. The molecule has 1 aromatic heterocycles. The van der Waals surface area contributed by atoms with Crippen LogP contribution in [0.25, 0.3) is 10.9 Å². The van der Waals surface area contributed by atoms with Crippen LogP contribution < -0.4 is 11.2 Å². The minimum atomic E-state index is -1.18. The lowest BCUT2D eigenvalue weighted by Crippen LogP contribution is -2.53. The maximum Gasteiger partial charge on any atom is 0.329 e. The lowest BCUT2D eigenvalue weighted by Gasteiger charge is -2.32. The number of fused-ring (bicyclic) bond motifs is 1. The van der Waals surface area contributed by atoms with Crippen LogP contribution in [0.4, 0.5) is 0 Å². The molecule has 0 spiro atoms. The SMILES string of the molecule is O=C(O)[C@H]1CCCN1C(=O)[C@@H]1CCCN1C(=O)[C@H](Cc1ccccc1)n1c(=O)[nH]c2ccccc2c1=O. The van der Waals surface area contributed by atoms with Gasteiger partial charge in [-0.25, -0.2) is 14.2 Å². The summed E-state index contributed by atoms with van der Waals surface area (Å²) in [6.07, 6.45) is 2.01. The van der Waals surface area contributed by atoms with Crippen LogP contribution in [-0.4, -0.2) is 67.4 Å². The largest absolute Gasteiger partial charge is 0.480 e. The first kappa shape index (κ1) is 24.5. The fourth-order valence-electron chi connectivity index (χ4n) is 5.54. The molecule has 0 saturated carbocycles. The predicted octanol–water partition coefficient (Wildman–Crippen LogP) is 1.54. The summed E-state index contributed by atoms with van der Waals surface area (Å²) in [4.78, 5) is 71.3. The molecular formula is C27H28N4O6. The maximum absolute atomic E-state index is 14.1. The lowest BCUT2D eigenvalue weighted by atomic mass is 10.0. The number of carboxylic acids is 1. The Morgan fingerprint density at radius 1 is 0.892 bits per heavy atom. The molecule has 5 rings (SSSR count). The monoisotopic (exact) mass is 504 g/mol. The van der Waals surface area contributed by atoms with Gasteiger partial charge in [0.2, 0.25) is 11.8 Å².